The molecule has 7 heteroatoms. The minimum atomic E-state index is -0.348. The maximum Gasteiger partial charge on any atom is 0.191 e. The Labute approximate surface area is 138 Å². The number of nitrogens with zero attached hydrogens (tertiary/aromatic N) is 3. The van der Waals surface area contributed by atoms with Crippen LogP contribution in [0.15, 0.2) is 29.4 Å². The average molecular weight is 331 g/mol. The fourth-order valence-electron chi connectivity index (χ4n) is 1.93. The van der Waals surface area contributed by atoms with Gasteiger partial charge >= 0.3 is 0 Å². The molecule has 0 aliphatic heterocycles. The first-order valence-electron chi connectivity index (χ1n) is 7.23. The first-order valence-corrected chi connectivity index (χ1v) is 8.04. The van der Waals surface area contributed by atoms with Crippen molar-refractivity contribution in [2.24, 2.45) is 4.99 Å². The zero-order valence-corrected chi connectivity index (χ0v) is 13.9. The Kier molecular flexibility index (Phi) is 6.06. The van der Waals surface area contributed by atoms with Crippen LogP contribution in [0.25, 0.3) is 0 Å². The molecule has 5 nitrogen and oxygen atoms in total. The summed E-state index contributed by atoms with van der Waals surface area (Å²) in [5.41, 5.74) is 0.857. The van der Waals surface area contributed by atoms with Crippen molar-refractivity contribution >= 4 is 17.3 Å². The number of aryl methyl sites for hydroxylation is 1. The number of aliphatic imine (C=N–C) groups is 1. The number of hydrogen-bond acceptors (Lipinski definition) is 4. The predicted molar refractivity (Wildman–Crippen MR) is 89.6 cm³/mol. The topological polar surface area (TPSA) is 73.1 Å². The molecule has 23 heavy (non-hydrogen) atoms. The summed E-state index contributed by atoms with van der Waals surface area (Å²) >= 11 is 1.65. The maximum absolute atomic E-state index is 13.7. The molecule has 0 atom stereocenters. The molecular weight excluding hydrogens is 313 g/mol. The van der Waals surface area contributed by atoms with Gasteiger partial charge in [-0.2, -0.15) is 5.26 Å². The molecule has 2 rings (SSSR count). The number of nitrogens with one attached hydrogen (secondary N) is 2. The number of aromatic nitrogens is 1. The highest BCUT2D eigenvalue weighted by Gasteiger charge is 2.06. The van der Waals surface area contributed by atoms with Gasteiger partial charge in [0.2, 0.25) is 0 Å². The SMILES string of the molecule is CCc1cnc(CNC(=NC)NCc2cc(C#N)ccc2F)s1. The molecule has 1 aromatic heterocycles. The standard InChI is InChI=1S/C16H18FN5S/c1-3-13-9-20-15(23-13)10-22-16(19-2)21-8-12-6-11(7-18)4-5-14(12)17/h4-6,9H,3,8,10H2,1-2H3,(H2,19,21,22). The van der Waals surface area contributed by atoms with E-state index < -0.39 is 0 Å². The third-order valence-electron chi connectivity index (χ3n) is 3.20. The van der Waals surface area contributed by atoms with Gasteiger partial charge in [-0.25, -0.2) is 9.37 Å². The van der Waals surface area contributed by atoms with E-state index in [1.807, 2.05) is 12.3 Å². The second kappa shape index (κ2) is 8.25. The molecule has 0 aliphatic carbocycles. The highest BCUT2D eigenvalue weighted by Crippen LogP contribution is 2.13. The summed E-state index contributed by atoms with van der Waals surface area (Å²) in [6.45, 7) is 2.90. The van der Waals surface area contributed by atoms with Crippen LogP contribution in [0.4, 0.5) is 4.39 Å². The summed E-state index contributed by atoms with van der Waals surface area (Å²) in [6, 6.07) is 6.29. The van der Waals surface area contributed by atoms with E-state index in [1.165, 1.54) is 23.1 Å². The van der Waals surface area contributed by atoms with Crippen LogP contribution in [-0.2, 0) is 19.5 Å². The van der Waals surface area contributed by atoms with Gasteiger partial charge in [-0.15, -0.1) is 11.3 Å². The number of guanidine groups is 1. The monoisotopic (exact) mass is 331 g/mol. The summed E-state index contributed by atoms with van der Waals surface area (Å²) in [5, 5.41) is 16.0. The Hall–Kier alpha value is -2.46. The number of nitriles is 1. The molecule has 1 aromatic carbocycles. The molecule has 2 aromatic rings. The first-order chi connectivity index (χ1) is 11.2. The van der Waals surface area contributed by atoms with Crippen LogP contribution in [0.5, 0.6) is 0 Å². The lowest BCUT2D eigenvalue weighted by Gasteiger charge is -2.11. The van der Waals surface area contributed by atoms with E-state index in [2.05, 4.69) is 27.5 Å². The molecule has 2 N–H and O–H groups in total. The highest BCUT2D eigenvalue weighted by atomic mass is 32.1. The Bertz CT molecular complexity index is 732. The van der Waals surface area contributed by atoms with Gasteiger partial charge in [0.15, 0.2) is 5.96 Å². The molecule has 0 spiro atoms. The minimum Gasteiger partial charge on any atom is -0.352 e. The normalized spacial score (nSPS) is 11.1. The molecule has 0 amide bonds. The van der Waals surface area contributed by atoms with Crippen molar-refractivity contribution in [2.45, 2.75) is 26.4 Å². The van der Waals surface area contributed by atoms with Crippen LogP contribution in [0.1, 0.15) is 27.9 Å². The Morgan fingerprint density at radius 1 is 1.39 bits per heavy atom. The van der Waals surface area contributed by atoms with Crippen molar-refractivity contribution < 1.29 is 4.39 Å². The van der Waals surface area contributed by atoms with Gasteiger partial charge in [-0.1, -0.05) is 6.92 Å². The van der Waals surface area contributed by atoms with Gasteiger partial charge in [0.25, 0.3) is 0 Å². The van der Waals surface area contributed by atoms with Gasteiger partial charge in [0.05, 0.1) is 18.2 Å². The van der Waals surface area contributed by atoms with Crippen LogP contribution in [-0.4, -0.2) is 18.0 Å². The number of hydrogen-bond donors (Lipinski definition) is 2. The predicted octanol–water partition coefficient (Wildman–Crippen LogP) is 2.58. The summed E-state index contributed by atoms with van der Waals surface area (Å²) in [6.07, 6.45) is 2.85. The molecule has 0 fully saturated rings. The fraction of sp³-hybridized carbons (Fsp3) is 0.312. The van der Waals surface area contributed by atoms with Crippen LogP contribution in [0, 0.1) is 17.1 Å². The number of thiazole rings is 1. The third-order valence-corrected chi connectivity index (χ3v) is 4.34. The van der Waals surface area contributed by atoms with E-state index in [4.69, 9.17) is 5.26 Å². The molecule has 0 aliphatic rings. The molecule has 0 unspecified atom stereocenters. The Morgan fingerprint density at radius 3 is 2.83 bits per heavy atom. The molecular formula is C16H18FN5S. The molecule has 0 bridgehead atoms. The van der Waals surface area contributed by atoms with Gasteiger partial charge in [-0.05, 0) is 24.6 Å². The van der Waals surface area contributed by atoms with Gasteiger partial charge in [0, 0.05) is 30.2 Å². The van der Waals surface area contributed by atoms with E-state index in [0.717, 1.165) is 11.4 Å². The molecule has 0 radical (unpaired) electrons. The van der Waals surface area contributed by atoms with Crippen molar-refractivity contribution in [3.8, 4) is 6.07 Å². The summed E-state index contributed by atoms with van der Waals surface area (Å²) < 4.78 is 13.7. The molecule has 1 heterocycles. The first kappa shape index (κ1) is 16.9. The van der Waals surface area contributed by atoms with Crippen molar-refractivity contribution in [3.63, 3.8) is 0 Å². The summed E-state index contributed by atoms with van der Waals surface area (Å²) in [4.78, 5) is 9.66. The molecule has 120 valence electrons. The van der Waals surface area contributed by atoms with E-state index in [9.17, 15) is 4.39 Å². The second-order valence-corrected chi connectivity index (χ2v) is 5.97. The van der Waals surface area contributed by atoms with Crippen molar-refractivity contribution in [2.75, 3.05) is 7.05 Å². The lowest BCUT2D eigenvalue weighted by molar-refractivity contribution is 0.604. The number of rotatable bonds is 5. The smallest absolute Gasteiger partial charge is 0.191 e. The Balaban J connectivity index is 1.91. The second-order valence-electron chi connectivity index (χ2n) is 4.77. The van der Waals surface area contributed by atoms with Crippen molar-refractivity contribution in [1.82, 2.24) is 15.6 Å². The molecule has 0 saturated carbocycles. The molecule has 0 saturated heterocycles. The van der Waals surface area contributed by atoms with Gasteiger partial charge in [-0.3, -0.25) is 4.99 Å². The minimum absolute atomic E-state index is 0.249. The zero-order chi connectivity index (χ0) is 16.7. The van der Waals surface area contributed by atoms with Gasteiger partial charge < -0.3 is 10.6 Å². The summed E-state index contributed by atoms with van der Waals surface area (Å²) in [7, 11) is 1.65. The van der Waals surface area contributed by atoms with Gasteiger partial charge in [0.1, 0.15) is 10.8 Å². The summed E-state index contributed by atoms with van der Waals surface area (Å²) in [5.74, 6) is 0.208. The largest absolute Gasteiger partial charge is 0.352 e. The van der Waals surface area contributed by atoms with E-state index in [0.29, 0.717) is 23.6 Å². The van der Waals surface area contributed by atoms with Crippen molar-refractivity contribution in [1.29, 1.82) is 5.26 Å². The zero-order valence-electron chi connectivity index (χ0n) is 13.1. The lowest BCUT2D eigenvalue weighted by atomic mass is 10.1. The fourth-order valence-corrected chi connectivity index (χ4v) is 2.73. The van der Waals surface area contributed by atoms with Crippen LogP contribution in [0.2, 0.25) is 0 Å². The third kappa shape index (κ3) is 4.76. The van der Waals surface area contributed by atoms with Crippen molar-refractivity contribution in [3.05, 3.63) is 51.2 Å². The van der Waals surface area contributed by atoms with Crippen LogP contribution >= 0.6 is 11.3 Å². The number of halogens is 1. The van der Waals surface area contributed by atoms with E-state index in [-0.39, 0.29) is 12.4 Å². The quantitative estimate of drug-likeness (QED) is 0.652. The average Bonchev–Trinajstić information content (AvgIpc) is 3.04. The highest BCUT2D eigenvalue weighted by molar-refractivity contribution is 7.11. The van der Waals surface area contributed by atoms with E-state index >= 15 is 0 Å². The van der Waals surface area contributed by atoms with Crippen LogP contribution < -0.4 is 10.6 Å². The van der Waals surface area contributed by atoms with E-state index in [1.54, 1.807) is 18.4 Å². The van der Waals surface area contributed by atoms with Crippen LogP contribution in [0.3, 0.4) is 0 Å². The lowest BCUT2D eigenvalue weighted by Crippen LogP contribution is -2.36. The number of benzene rings is 1. The Morgan fingerprint density at radius 2 is 2.17 bits per heavy atom. The maximum atomic E-state index is 13.7.